The molecule has 2 saturated carbocycles. The van der Waals surface area contributed by atoms with E-state index in [1.165, 1.54) is 12.8 Å². The largest absolute Gasteiger partial charge is 0.508 e. The van der Waals surface area contributed by atoms with Gasteiger partial charge in [0.15, 0.2) is 0 Å². The molecule has 2 aliphatic heterocycles. The van der Waals surface area contributed by atoms with Crippen LogP contribution in [0.4, 0.5) is 0 Å². The highest BCUT2D eigenvalue weighted by Gasteiger charge is 2.66. The van der Waals surface area contributed by atoms with Crippen LogP contribution in [0.15, 0.2) is 18.2 Å². The number of carbonyl (C=O) groups is 2. The van der Waals surface area contributed by atoms with Crippen LogP contribution in [0.5, 0.6) is 5.75 Å². The minimum absolute atomic E-state index is 0.0308. The Morgan fingerprint density at radius 1 is 1.18 bits per heavy atom. The highest BCUT2D eigenvalue weighted by Crippen LogP contribution is 2.59. The molecule has 0 spiro atoms. The van der Waals surface area contributed by atoms with Crippen LogP contribution in [0.1, 0.15) is 49.7 Å². The number of benzene rings is 1. The molecule has 5 aliphatic rings. The summed E-state index contributed by atoms with van der Waals surface area (Å²) in [5.41, 5.74) is 0.359. The van der Waals surface area contributed by atoms with E-state index in [9.17, 15) is 19.8 Å². The summed E-state index contributed by atoms with van der Waals surface area (Å²) in [6.07, 6.45) is 4.76. The first-order valence-electron chi connectivity index (χ1n) is 12.7. The van der Waals surface area contributed by atoms with E-state index in [1.807, 2.05) is 11.0 Å². The van der Waals surface area contributed by atoms with Gasteiger partial charge in [-0.15, -0.1) is 0 Å². The SMILES string of the molecule is O=C1C[C@]23CCN(CC4CC4)[C@H](Cc4ccc(O)cc42)[C@]3(O)C[C@H]1CC(=O)N1CCNCC1. The van der Waals surface area contributed by atoms with Crippen molar-refractivity contribution in [1.82, 2.24) is 15.1 Å². The number of amides is 1. The maximum Gasteiger partial charge on any atom is 0.223 e. The summed E-state index contributed by atoms with van der Waals surface area (Å²) < 4.78 is 0. The standard InChI is InChI=1S/C26H35N3O4/c30-20-4-3-18-11-23-26(33)14-19(12-24(32)28-9-6-27-7-10-28)22(31)15-25(26,21(18)13-20)5-8-29(23)16-17-1-2-17/h3-4,13,17,19,23,27,30,33H,1-2,5-12,14-16H2/t19-,23-,25-,26-/m1/s1. The van der Waals surface area contributed by atoms with E-state index in [0.717, 1.165) is 49.6 Å². The van der Waals surface area contributed by atoms with Gasteiger partial charge in [-0.3, -0.25) is 14.5 Å². The molecule has 4 atom stereocenters. The molecule has 3 aliphatic carbocycles. The summed E-state index contributed by atoms with van der Waals surface area (Å²) in [4.78, 5) is 30.8. The van der Waals surface area contributed by atoms with Crippen molar-refractivity contribution < 1.29 is 19.8 Å². The monoisotopic (exact) mass is 453 g/mol. The molecule has 4 fully saturated rings. The van der Waals surface area contributed by atoms with Gasteiger partial charge in [-0.05, 0) is 67.8 Å². The number of Topliss-reactive ketones (excluding diaryl/α,β-unsaturated/α-hetero) is 1. The number of piperazine rings is 1. The lowest BCUT2D eigenvalue weighted by molar-refractivity contribution is -0.183. The third-order valence-corrected chi connectivity index (χ3v) is 9.24. The first kappa shape index (κ1) is 21.6. The number of likely N-dealkylation sites (tertiary alicyclic amines) is 1. The summed E-state index contributed by atoms with van der Waals surface area (Å²) in [6.45, 7) is 4.81. The molecule has 1 aromatic rings. The predicted molar refractivity (Wildman–Crippen MR) is 123 cm³/mol. The number of rotatable bonds is 4. The van der Waals surface area contributed by atoms with E-state index < -0.39 is 16.9 Å². The quantitative estimate of drug-likeness (QED) is 0.635. The Morgan fingerprint density at radius 3 is 2.73 bits per heavy atom. The highest BCUT2D eigenvalue weighted by molar-refractivity contribution is 5.89. The van der Waals surface area contributed by atoms with Gasteiger partial charge in [0, 0.05) is 62.9 Å². The summed E-state index contributed by atoms with van der Waals surface area (Å²) in [6, 6.07) is 5.44. The number of phenols is 1. The Balaban J connectivity index is 1.34. The number of ketones is 1. The lowest BCUT2D eigenvalue weighted by Gasteiger charge is -2.64. The van der Waals surface area contributed by atoms with Gasteiger partial charge in [-0.2, -0.15) is 0 Å². The average Bonchev–Trinajstić information content (AvgIpc) is 3.62. The Morgan fingerprint density at radius 2 is 1.97 bits per heavy atom. The molecule has 2 bridgehead atoms. The van der Waals surface area contributed by atoms with Crippen LogP contribution in [-0.2, 0) is 21.4 Å². The maximum absolute atomic E-state index is 13.5. The first-order valence-corrected chi connectivity index (χ1v) is 12.7. The number of phenolic OH excluding ortho intramolecular Hbond substituents is 1. The summed E-state index contributed by atoms with van der Waals surface area (Å²) in [5, 5.41) is 26.1. The topological polar surface area (TPSA) is 93.1 Å². The van der Waals surface area contributed by atoms with Crippen LogP contribution in [-0.4, -0.2) is 82.6 Å². The lowest BCUT2D eigenvalue weighted by Crippen LogP contribution is -2.74. The van der Waals surface area contributed by atoms with Crippen molar-refractivity contribution in [3.63, 3.8) is 0 Å². The molecule has 33 heavy (non-hydrogen) atoms. The second kappa shape index (κ2) is 7.79. The molecule has 0 unspecified atom stereocenters. The number of nitrogens with zero attached hydrogens (tertiary/aromatic N) is 2. The number of hydrogen-bond acceptors (Lipinski definition) is 6. The minimum atomic E-state index is -1.07. The van der Waals surface area contributed by atoms with Crippen molar-refractivity contribution in [3.8, 4) is 5.75 Å². The molecule has 2 heterocycles. The van der Waals surface area contributed by atoms with E-state index >= 15 is 0 Å². The van der Waals surface area contributed by atoms with E-state index in [-0.39, 0.29) is 36.3 Å². The highest BCUT2D eigenvalue weighted by atomic mass is 16.3. The number of fused-ring (bicyclic) bond motifs is 1. The van der Waals surface area contributed by atoms with Crippen LogP contribution in [0, 0.1) is 11.8 Å². The molecule has 0 aromatic heterocycles. The summed E-state index contributed by atoms with van der Waals surface area (Å²) in [5.74, 6) is 0.593. The second-order valence-electron chi connectivity index (χ2n) is 11.1. The Bertz CT molecular complexity index is 972. The number of nitrogens with one attached hydrogen (secondary N) is 1. The van der Waals surface area contributed by atoms with Gasteiger partial charge in [0.1, 0.15) is 11.5 Å². The van der Waals surface area contributed by atoms with Gasteiger partial charge in [-0.1, -0.05) is 6.07 Å². The normalized spacial score (nSPS) is 36.3. The third kappa shape index (κ3) is 3.43. The van der Waals surface area contributed by atoms with Crippen LogP contribution < -0.4 is 5.32 Å². The molecule has 1 amide bonds. The fourth-order valence-corrected chi connectivity index (χ4v) is 7.28. The molecular formula is C26H35N3O4. The van der Waals surface area contributed by atoms with E-state index in [4.69, 9.17) is 0 Å². The Hall–Kier alpha value is -1.96. The Labute approximate surface area is 195 Å². The Kier molecular flexibility index (Phi) is 5.09. The van der Waals surface area contributed by atoms with Crippen molar-refractivity contribution in [3.05, 3.63) is 29.3 Å². The zero-order valence-electron chi connectivity index (χ0n) is 19.3. The molecule has 3 N–H and O–H groups in total. The fourth-order valence-electron chi connectivity index (χ4n) is 7.28. The van der Waals surface area contributed by atoms with Crippen LogP contribution in [0.25, 0.3) is 0 Å². The van der Waals surface area contributed by atoms with Gasteiger partial charge in [0.05, 0.1) is 5.60 Å². The van der Waals surface area contributed by atoms with Crippen molar-refractivity contribution in [2.75, 3.05) is 39.3 Å². The maximum atomic E-state index is 13.5. The predicted octanol–water partition coefficient (Wildman–Crippen LogP) is 1.20. The van der Waals surface area contributed by atoms with Crippen LogP contribution in [0.3, 0.4) is 0 Å². The molecular weight excluding hydrogens is 418 g/mol. The van der Waals surface area contributed by atoms with Gasteiger partial charge in [0.25, 0.3) is 0 Å². The van der Waals surface area contributed by atoms with Crippen molar-refractivity contribution in [2.45, 2.75) is 62.0 Å². The molecule has 7 heteroatoms. The molecule has 6 rings (SSSR count). The molecule has 178 valence electrons. The molecule has 1 aromatic carbocycles. The van der Waals surface area contributed by atoms with E-state index in [0.29, 0.717) is 25.9 Å². The number of piperidine rings is 1. The van der Waals surface area contributed by atoms with Crippen molar-refractivity contribution >= 4 is 11.7 Å². The van der Waals surface area contributed by atoms with Crippen molar-refractivity contribution in [2.24, 2.45) is 11.8 Å². The zero-order valence-corrected chi connectivity index (χ0v) is 19.3. The van der Waals surface area contributed by atoms with Gasteiger partial charge in [-0.25, -0.2) is 0 Å². The number of aromatic hydroxyl groups is 1. The number of aliphatic hydroxyl groups is 1. The van der Waals surface area contributed by atoms with Gasteiger partial charge >= 0.3 is 0 Å². The lowest BCUT2D eigenvalue weighted by atomic mass is 9.47. The summed E-state index contributed by atoms with van der Waals surface area (Å²) in [7, 11) is 0. The fraction of sp³-hybridized carbons (Fsp3) is 0.692. The van der Waals surface area contributed by atoms with Gasteiger partial charge in [0.2, 0.25) is 5.91 Å². The number of carbonyl (C=O) groups excluding carboxylic acids is 2. The molecule has 7 nitrogen and oxygen atoms in total. The first-order chi connectivity index (χ1) is 15.9. The van der Waals surface area contributed by atoms with Crippen molar-refractivity contribution in [1.29, 1.82) is 0 Å². The zero-order chi connectivity index (χ0) is 22.8. The molecule has 2 saturated heterocycles. The van der Waals surface area contributed by atoms with E-state index in [1.54, 1.807) is 12.1 Å². The minimum Gasteiger partial charge on any atom is -0.508 e. The summed E-state index contributed by atoms with van der Waals surface area (Å²) >= 11 is 0. The smallest absolute Gasteiger partial charge is 0.223 e. The second-order valence-corrected chi connectivity index (χ2v) is 11.1. The van der Waals surface area contributed by atoms with Crippen LogP contribution in [0.2, 0.25) is 0 Å². The van der Waals surface area contributed by atoms with Gasteiger partial charge < -0.3 is 20.4 Å². The third-order valence-electron chi connectivity index (χ3n) is 9.24. The molecule has 0 radical (unpaired) electrons. The average molecular weight is 454 g/mol. The number of hydrogen-bond donors (Lipinski definition) is 3. The van der Waals surface area contributed by atoms with Crippen LogP contribution >= 0.6 is 0 Å². The van der Waals surface area contributed by atoms with E-state index in [2.05, 4.69) is 10.2 Å².